The zero-order valence-corrected chi connectivity index (χ0v) is 12.4. The van der Waals surface area contributed by atoms with Crippen LogP contribution in [-0.2, 0) is 4.79 Å². The molecule has 4 heteroatoms. The van der Waals surface area contributed by atoms with Crippen LogP contribution in [0, 0.1) is 0 Å². The Morgan fingerprint density at radius 3 is 2.68 bits per heavy atom. The number of piperidine rings is 1. The van der Waals surface area contributed by atoms with Crippen molar-refractivity contribution in [2.75, 3.05) is 39.3 Å². The van der Waals surface area contributed by atoms with Gasteiger partial charge in [0.1, 0.15) is 0 Å². The highest BCUT2D eigenvalue weighted by molar-refractivity contribution is 5.78. The average Bonchev–Trinajstić information content (AvgIpc) is 2.94. The Hall–Kier alpha value is -0.610. The summed E-state index contributed by atoms with van der Waals surface area (Å²) in [5.41, 5.74) is 0. The van der Waals surface area contributed by atoms with Crippen molar-refractivity contribution in [3.63, 3.8) is 0 Å². The summed E-state index contributed by atoms with van der Waals surface area (Å²) in [6, 6.07) is 0.590. The van der Waals surface area contributed by atoms with Crippen molar-refractivity contribution in [2.24, 2.45) is 0 Å². The van der Waals surface area contributed by atoms with Crippen molar-refractivity contribution < 1.29 is 4.79 Å². The Labute approximate surface area is 117 Å². The maximum atomic E-state index is 12.2. The molecule has 0 saturated carbocycles. The maximum absolute atomic E-state index is 12.2. The number of carbonyl (C=O) groups excluding carboxylic acids is 1. The van der Waals surface area contributed by atoms with Crippen LogP contribution in [0.3, 0.4) is 0 Å². The molecule has 1 unspecified atom stereocenters. The van der Waals surface area contributed by atoms with E-state index >= 15 is 0 Å². The quantitative estimate of drug-likeness (QED) is 0.791. The Bertz CT molecular complexity index is 271. The molecule has 2 aliphatic rings. The summed E-state index contributed by atoms with van der Waals surface area (Å²) in [5, 5.41) is 3.58. The van der Waals surface area contributed by atoms with E-state index in [1.165, 1.54) is 32.1 Å². The van der Waals surface area contributed by atoms with E-state index in [4.69, 9.17) is 0 Å². The van der Waals surface area contributed by atoms with Gasteiger partial charge in [-0.05, 0) is 45.2 Å². The van der Waals surface area contributed by atoms with Crippen LogP contribution in [0.1, 0.15) is 45.4 Å². The number of amides is 1. The number of likely N-dealkylation sites (tertiary alicyclic amines) is 1. The fourth-order valence-corrected chi connectivity index (χ4v) is 3.20. The summed E-state index contributed by atoms with van der Waals surface area (Å²) >= 11 is 0. The van der Waals surface area contributed by atoms with Crippen LogP contribution < -0.4 is 5.32 Å². The first-order chi connectivity index (χ1) is 9.29. The first kappa shape index (κ1) is 14.8. The van der Waals surface area contributed by atoms with Gasteiger partial charge in [-0.1, -0.05) is 13.3 Å². The lowest BCUT2D eigenvalue weighted by Gasteiger charge is -2.31. The molecule has 1 amide bonds. The van der Waals surface area contributed by atoms with Crippen molar-refractivity contribution in [1.29, 1.82) is 0 Å². The molecule has 0 aromatic carbocycles. The van der Waals surface area contributed by atoms with Gasteiger partial charge >= 0.3 is 0 Å². The molecule has 1 atom stereocenters. The predicted octanol–water partition coefficient (Wildman–Crippen LogP) is 1.46. The van der Waals surface area contributed by atoms with Gasteiger partial charge in [0.25, 0.3) is 0 Å². The molecule has 110 valence electrons. The average molecular weight is 267 g/mol. The largest absolute Gasteiger partial charge is 0.342 e. The number of hydrogen-bond donors (Lipinski definition) is 1. The molecule has 0 aliphatic carbocycles. The fraction of sp³-hybridized carbons (Fsp3) is 0.933. The highest BCUT2D eigenvalue weighted by Gasteiger charge is 2.22. The van der Waals surface area contributed by atoms with Crippen LogP contribution in [0.4, 0.5) is 0 Å². The summed E-state index contributed by atoms with van der Waals surface area (Å²) in [5.74, 6) is 0.335. The molecule has 19 heavy (non-hydrogen) atoms. The van der Waals surface area contributed by atoms with Crippen LogP contribution in [0.15, 0.2) is 0 Å². The minimum Gasteiger partial charge on any atom is -0.342 e. The van der Waals surface area contributed by atoms with E-state index in [0.717, 1.165) is 39.1 Å². The van der Waals surface area contributed by atoms with Crippen molar-refractivity contribution >= 4 is 5.91 Å². The van der Waals surface area contributed by atoms with E-state index in [2.05, 4.69) is 17.1 Å². The Morgan fingerprint density at radius 1 is 1.26 bits per heavy atom. The zero-order valence-electron chi connectivity index (χ0n) is 12.4. The Morgan fingerprint density at radius 2 is 2.05 bits per heavy atom. The minimum atomic E-state index is 0.335. The summed E-state index contributed by atoms with van der Waals surface area (Å²) in [6.07, 6.45) is 7.39. The molecular formula is C15H29N3O. The van der Waals surface area contributed by atoms with Gasteiger partial charge in [0.15, 0.2) is 0 Å². The smallest absolute Gasteiger partial charge is 0.236 e. The SMILES string of the molecule is CCCN(CC(=O)N1CCCC1)CC1CCCCN1. The molecule has 2 rings (SSSR count). The van der Waals surface area contributed by atoms with Crippen molar-refractivity contribution in [3.8, 4) is 0 Å². The van der Waals surface area contributed by atoms with E-state index in [0.29, 0.717) is 18.5 Å². The van der Waals surface area contributed by atoms with Crippen LogP contribution in [0.25, 0.3) is 0 Å². The van der Waals surface area contributed by atoms with E-state index in [9.17, 15) is 4.79 Å². The van der Waals surface area contributed by atoms with Crippen LogP contribution in [0.2, 0.25) is 0 Å². The molecule has 4 nitrogen and oxygen atoms in total. The summed E-state index contributed by atoms with van der Waals surface area (Å²) in [7, 11) is 0. The topological polar surface area (TPSA) is 35.6 Å². The van der Waals surface area contributed by atoms with Crippen LogP contribution in [0.5, 0.6) is 0 Å². The summed E-state index contributed by atoms with van der Waals surface area (Å²) in [4.78, 5) is 16.6. The van der Waals surface area contributed by atoms with Gasteiger partial charge < -0.3 is 10.2 Å². The lowest BCUT2D eigenvalue weighted by molar-refractivity contribution is -0.131. The summed E-state index contributed by atoms with van der Waals surface area (Å²) in [6.45, 7) is 7.98. The third kappa shape index (κ3) is 4.77. The number of hydrogen-bond acceptors (Lipinski definition) is 3. The monoisotopic (exact) mass is 267 g/mol. The molecule has 0 bridgehead atoms. The van der Waals surface area contributed by atoms with E-state index in [1.807, 2.05) is 4.90 Å². The molecule has 2 aliphatic heterocycles. The molecule has 0 aromatic heterocycles. The first-order valence-electron chi connectivity index (χ1n) is 8.03. The van der Waals surface area contributed by atoms with Crippen molar-refractivity contribution in [2.45, 2.75) is 51.5 Å². The molecular weight excluding hydrogens is 238 g/mol. The highest BCUT2D eigenvalue weighted by Crippen LogP contribution is 2.11. The van der Waals surface area contributed by atoms with E-state index < -0.39 is 0 Å². The lowest BCUT2D eigenvalue weighted by Crippen LogP contribution is -2.47. The van der Waals surface area contributed by atoms with Crippen molar-refractivity contribution in [3.05, 3.63) is 0 Å². The Balaban J connectivity index is 1.78. The van der Waals surface area contributed by atoms with Crippen molar-refractivity contribution in [1.82, 2.24) is 15.1 Å². The van der Waals surface area contributed by atoms with Gasteiger partial charge in [0.2, 0.25) is 5.91 Å². The number of nitrogens with one attached hydrogen (secondary N) is 1. The second-order valence-electron chi connectivity index (χ2n) is 5.97. The van der Waals surface area contributed by atoms with Gasteiger partial charge in [-0.2, -0.15) is 0 Å². The standard InChI is InChI=1S/C15H29N3O/c1-2-9-17(12-14-7-3-4-8-16-14)13-15(19)18-10-5-6-11-18/h14,16H,2-13H2,1H3. The first-order valence-corrected chi connectivity index (χ1v) is 8.03. The van der Waals surface area contributed by atoms with Gasteiger partial charge in [0, 0.05) is 25.7 Å². The predicted molar refractivity (Wildman–Crippen MR) is 78.2 cm³/mol. The number of carbonyl (C=O) groups is 1. The zero-order chi connectivity index (χ0) is 13.5. The van der Waals surface area contributed by atoms with Gasteiger partial charge in [-0.25, -0.2) is 0 Å². The van der Waals surface area contributed by atoms with Gasteiger partial charge in [-0.15, -0.1) is 0 Å². The normalized spacial score (nSPS) is 24.1. The molecule has 1 N–H and O–H groups in total. The number of nitrogens with zero attached hydrogens (tertiary/aromatic N) is 2. The van der Waals surface area contributed by atoms with Crippen LogP contribution >= 0.6 is 0 Å². The molecule has 2 saturated heterocycles. The summed E-state index contributed by atoms with van der Waals surface area (Å²) < 4.78 is 0. The molecule has 0 aromatic rings. The van der Waals surface area contributed by atoms with E-state index in [1.54, 1.807) is 0 Å². The minimum absolute atomic E-state index is 0.335. The fourth-order valence-electron chi connectivity index (χ4n) is 3.20. The lowest BCUT2D eigenvalue weighted by atomic mass is 10.0. The maximum Gasteiger partial charge on any atom is 0.236 e. The second kappa shape index (κ2) is 7.85. The third-order valence-electron chi connectivity index (χ3n) is 4.25. The van der Waals surface area contributed by atoms with Crippen LogP contribution in [-0.4, -0.2) is 61.0 Å². The van der Waals surface area contributed by atoms with Gasteiger partial charge in [-0.3, -0.25) is 9.69 Å². The molecule has 2 heterocycles. The Kier molecular flexibility index (Phi) is 6.11. The number of rotatable bonds is 6. The third-order valence-corrected chi connectivity index (χ3v) is 4.25. The van der Waals surface area contributed by atoms with E-state index in [-0.39, 0.29) is 0 Å². The van der Waals surface area contributed by atoms with Gasteiger partial charge in [0.05, 0.1) is 6.54 Å². The highest BCUT2D eigenvalue weighted by atomic mass is 16.2. The molecule has 0 spiro atoms. The molecule has 0 radical (unpaired) electrons. The molecule has 2 fully saturated rings. The second-order valence-corrected chi connectivity index (χ2v) is 5.97.